The SMILES string of the molecule is CCOC(=O)C1=C(C)NC(=O)NC1c1ccccc1N=C=Nc1ccccc1. The van der Waals surface area contributed by atoms with Gasteiger partial charge in [-0.25, -0.2) is 9.59 Å². The van der Waals surface area contributed by atoms with E-state index in [1.165, 1.54) is 0 Å². The Morgan fingerprint density at radius 1 is 1.11 bits per heavy atom. The summed E-state index contributed by atoms with van der Waals surface area (Å²) in [4.78, 5) is 33.0. The van der Waals surface area contributed by atoms with Crippen LogP contribution in [0.15, 0.2) is 75.9 Å². The summed E-state index contributed by atoms with van der Waals surface area (Å²) in [6, 6.07) is 18.1. The van der Waals surface area contributed by atoms with Crippen LogP contribution in [0, 0.1) is 0 Å². The Balaban J connectivity index is 2.00. The zero-order valence-corrected chi connectivity index (χ0v) is 15.6. The number of ether oxygens (including phenoxy) is 1. The van der Waals surface area contributed by atoms with Crippen molar-refractivity contribution in [2.45, 2.75) is 19.9 Å². The number of carbonyl (C=O) groups is 2. The lowest BCUT2D eigenvalue weighted by Crippen LogP contribution is -2.45. The molecule has 0 radical (unpaired) electrons. The quantitative estimate of drug-likeness (QED) is 0.610. The second-order valence-corrected chi connectivity index (χ2v) is 6.01. The molecule has 7 heteroatoms. The van der Waals surface area contributed by atoms with Gasteiger partial charge in [-0.2, -0.15) is 9.98 Å². The van der Waals surface area contributed by atoms with Crippen LogP contribution in [0.5, 0.6) is 0 Å². The molecule has 0 saturated heterocycles. The van der Waals surface area contributed by atoms with E-state index in [2.05, 4.69) is 26.6 Å². The first kappa shape index (κ1) is 19.1. The molecule has 28 heavy (non-hydrogen) atoms. The highest BCUT2D eigenvalue weighted by Gasteiger charge is 2.33. The van der Waals surface area contributed by atoms with Gasteiger partial charge in [0.25, 0.3) is 0 Å². The molecule has 1 aliphatic heterocycles. The minimum absolute atomic E-state index is 0.236. The molecular weight excluding hydrogens is 356 g/mol. The number of para-hydroxylation sites is 2. The molecule has 2 aromatic rings. The smallest absolute Gasteiger partial charge is 0.338 e. The maximum atomic E-state index is 12.5. The predicted octanol–water partition coefficient (Wildman–Crippen LogP) is 4.01. The Labute approximate surface area is 162 Å². The molecule has 142 valence electrons. The molecule has 3 rings (SSSR count). The summed E-state index contributed by atoms with van der Waals surface area (Å²) in [5.74, 6) is -0.491. The monoisotopic (exact) mass is 376 g/mol. The third-order valence-corrected chi connectivity index (χ3v) is 4.12. The summed E-state index contributed by atoms with van der Waals surface area (Å²) in [5.41, 5.74) is 2.70. The van der Waals surface area contributed by atoms with Crippen LogP contribution in [-0.2, 0) is 9.53 Å². The highest BCUT2D eigenvalue weighted by Crippen LogP contribution is 2.33. The molecular formula is C21H20N4O3. The van der Waals surface area contributed by atoms with Crippen molar-refractivity contribution in [3.8, 4) is 0 Å². The van der Waals surface area contributed by atoms with Crippen molar-refractivity contribution in [1.29, 1.82) is 0 Å². The lowest BCUT2D eigenvalue weighted by molar-refractivity contribution is -0.139. The van der Waals surface area contributed by atoms with E-state index in [0.29, 0.717) is 22.5 Å². The molecule has 0 spiro atoms. The van der Waals surface area contributed by atoms with Crippen molar-refractivity contribution in [2.24, 2.45) is 9.98 Å². The van der Waals surface area contributed by atoms with E-state index in [1.807, 2.05) is 42.5 Å². The third-order valence-electron chi connectivity index (χ3n) is 4.12. The normalized spacial score (nSPS) is 15.8. The number of aliphatic imine (C=N–C) groups is 2. The molecule has 2 aromatic carbocycles. The summed E-state index contributed by atoms with van der Waals surface area (Å²) in [6.07, 6.45) is 0. The lowest BCUT2D eigenvalue weighted by atomic mass is 9.94. The van der Waals surface area contributed by atoms with Gasteiger partial charge in [0.15, 0.2) is 0 Å². The molecule has 1 heterocycles. The standard InChI is InChI=1S/C21H20N4O3/c1-3-28-20(26)18-14(2)24-21(27)25-19(18)16-11-7-8-12-17(16)23-13-22-15-9-5-4-6-10-15/h4-12,19H,3H2,1-2H3,(H2,24,25,27). The predicted molar refractivity (Wildman–Crippen MR) is 106 cm³/mol. The fourth-order valence-electron chi connectivity index (χ4n) is 2.88. The summed E-state index contributed by atoms with van der Waals surface area (Å²) in [5, 5.41) is 5.39. The highest BCUT2D eigenvalue weighted by molar-refractivity contribution is 5.95. The van der Waals surface area contributed by atoms with Gasteiger partial charge in [0.1, 0.15) is 6.01 Å². The average molecular weight is 376 g/mol. The maximum absolute atomic E-state index is 12.5. The van der Waals surface area contributed by atoms with Crippen LogP contribution < -0.4 is 10.6 Å². The second-order valence-electron chi connectivity index (χ2n) is 6.01. The molecule has 1 atom stereocenters. The van der Waals surface area contributed by atoms with Crippen molar-refractivity contribution in [1.82, 2.24) is 10.6 Å². The van der Waals surface area contributed by atoms with Gasteiger partial charge in [0.05, 0.1) is 29.6 Å². The van der Waals surface area contributed by atoms with E-state index in [0.717, 1.165) is 5.69 Å². The van der Waals surface area contributed by atoms with Crippen LogP contribution in [0.4, 0.5) is 16.2 Å². The van der Waals surface area contributed by atoms with Gasteiger partial charge in [0, 0.05) is 11.3 Å². The van der Waals surface area contributed by atoms with E-state index in [1.54, 1.807) is 26.0 Å². The number of urea groups is 1. The Hall–Kier alpha value is -3.70. The number of rotatable bonds is 5. The van der Waals surface area contributed by atoms with Crippen LogP contribution in [-0.4, -0.2) is 24.6 Å². The Bertz CT molecular complexity index is 976. The largest absolute Gasteiger partial charge is 0.463 e. The number of esters is 1. The van der Waals surface area contributed by atoms with Crippen LogP contribution >= 0.6 is 0 Å². The van der Waals surface area contributed by atoms with Crippen LogP contribution in [0.25, 0.3) is 0 Å². The zero-order valence-electron chi connectivity index (χ0n) is 15.6. The summed E-state index contributed by atoms with van der Waals surface area (Å²) < 4.78 is 5.16. The minimum atomic E-state index is -0.689. The van der Waals surface area contributed by atoms with Gasteiger partial charge in [0.2, 0.25) is 0 Å². The number of carbonyl (C=O) groups excluding carboxylic acids is 2. The molecule has 0 saturated carbocycles. The summed E-state index contributed by atoms with van der Waals surface area (Å²) in [6.45, 7) is 3.64. The molecule has 0 aliphatic carbocycles. The van der Waals surface area contributed by atoms with Crippen molar-refractivity contribution < 1.29 is 14.3 Å². The first-order valence-electron chi connectivity index (χ1n) is 8.86. The van der Waals surface area contributed by atoms with Crippen molar-refractivity contribution in [2.75, 3.05) is 6.61 Å². The van der Waals surface area contributed by atoms with Gasteiger partial charge in [-0.15, -0.1) is 0 Å². The minimum Gasteiger partial charge on any atom is -0.463 e. The lowest BCUT2D eigenvalue weighted by Gasteiger charge is -2.28. The molecule has 2 N–H and O–H groups in total. The first-order chi connectivity index (χ1) is 13.6. The van der Waals surface area contributed by atoms with Gasteiger partial charge in [-0.1, -0.05) is 36.4 Å². The van der Waals surface area contributed by atoms with Gasteiger partial charge in [-0.3, -0.25) is 0 Å². The van der Waals surface area contributed by atoms with Crippen molar-refractivity contribution in [3.63, 3.8) is 0 Å². The van der Waals surface area contributed by atoms with E-state index in [-0.39, 0.29) is 6.61 Å². The van der Waals surface area contributed by atoms with Gasteiger partial charge >= 0.3 is 12.0 Å². The van der Waals surface area contributed by atoms with Crippen LogP contribution in [0.1, 0.15) is 25.5 Å². The number of hydrogen-bond acceptors (Lipinski definition) is 5. The Morgan fingerprint density at radius 3 is 2.57 bits per heavy atom. The van der Waals surface area contributed by atoms with Crippen molar-refractivity contribution >= 4 is 29.4 Å². The van der Waals surface area contributed by atoms with Gasteiger partial charge in [-0.05, 0) is 32.0 Å². The molecule has 1 unspecified atom stereocenters. The van der Waals surface area contributed by atoms with E-state index in [4.69, 9.17) is 4.74 Å². The number of benzene rings is 2. The summed E-state index contributed by atoms with van der Waals surface area (Å²) in [7, 11) is 0. The zero-order chi connectivity index (χ0) is 19.9. The van der Waals surface area contributed by atoms with Gasteiger partial charge < -0.3 is 15.4 Å². The first-order valence-corrected chi connectivity index (χ1v) is 8.86. The van der Waals surface area contributed by atoms with Crippen LogP contribution in [0.2, 0.25) is 0 Å². The van der Waals surface area contributed by atoms with E-state index < -0.39 is 18.0 Å². The topological polar surface area (TPSA) is 92.1 Å². The molecule has 0 bridgehead atoms. The van der Waals surface area contributed by atoms with E-state index in [9.17, 15) is 9.59 Å². The number of allylic oxidation sites excluding steroid dienone is 1. The second kappa shape index (κ2) is 8.79. The number of amides is 2. The summed E-state index contributed by atoms with van der Waals surface area (Å²) >= 11 is 0. The molecule has 0 aromatic heterocycles. The Morgan fingerprint density at radius 2 is 1.82 bits per heavy atom. The molecule has 7 nitrogen and oxygen atoms in total. The fourth-order valence-corrected chi connectivity index (χ4v) is 2.88. The third kappa shape index (κ3) is 4.34. The number of hydrogen-bond donors (Lipinski definition) is 2. The highest BCUT2D eigenvalue weighted by atomic mass is 16.5. The van der Waals surface area contributed by atoms with Crippen LogP contribution in [0.3, 0.4) is 0 Å². The molecule has 0 fully saturated rings. The molecule has 2 amide bonds. The maximum Gasteiger partial charge on any atom is 0.338 e. The number of nitrogens with one attached hydrogen (secondary N) is 2. The number of nitrogens with zero attached hydrogens (tertiary/aromatic N) is 2. The Kier molecular flexibility index (Phi) is 5.99. The average Bonchev–Trinajstić information content (AvgIpc) is 2.69. The van der Waals surface area contributed by atoms with Crippen molar-refractivity contribution in [3.05, 3.63) is 71.4 Å². The van der Waals surface area contributed by atoms with E-state index >= 15 is 0 Å². The molecule has 1 aliphatic rings. The fraction of sp³-hybridized carbons (Fsp3) is 0.190.